The van der Waals surface area contributed by atoms with Crippen LogP contribution in [-0.2, 0) is 0 Å². The Hall–Kier alpha value is -9.52. The maximum Gasteiger partial charge on any atom is 0.267 e. The van der Waals surface area contributed by atoms with Crippen LogP contribution in [0, 0.1) is 0 Å². The van der Waals surface area contributed by atoms with Crippen molar-refractivity contribution in [2.24, 2.45) is 34.4 Å². The molecule has 7 rings (SSSR count). The number of aromatic nitrogens is 4. The second kappa shape index (κ2) is 17.4. The van der Waals surface area contributed by atoms with Gasteiger partial charge in [-0.05, 0) is 91.0 Å². The molecule has 0 saturated heterocycles. The lowest BCUT2D eigenvalue weighted by molar-refractivity contribution is 0.0987. The summed E-state index contributed by atoms with van der Waals surface area (Å²) in [6.45, 7) is 0. The first-order valence-electron chi connectivity index (χ1n) is 18.6. The van der Waals surface area contributed by atoms with Gasteiger partial charge in [0.1, 0.15) is 46.2 Å². The highest BCUT2D eigenvalue weighted by Crippen LogP contribution is 2.43. The van der Waals surface area contributed by atoms with Crippen LogP contribution in [0.3, 0.4) is 0 Å². The van der Waals surface area contributed by atoms with Crippen molar-refractivity contribution in [3.63, 3.8) is 0 Å². The van der Waals surface area contributed by atoms with E-state index >= 15 is 0 Å². The highest BCUT2D eigenvalue weighted by molar-refractivity contribution is 5.98. The largest absolute Gasteiger partial charge is 0.366 e. The lowest BCUT2D eigenvalue weighted by Crippen LogP contribution is -2.22. The van der Waals surface area contributed by atoms with Crippen LogP contribution >= 0.6 is 0 Å². The third-order valence-corrected chi connectivity index (χ3v) is 9.31. The lowest BCUT2D eigenvalue weighted by Gasteiger charge is -2.31. The highest BCUT2D eigenvalue weighted by atomic mass is 16.2. The number of hydrogen-bond acceptors (Lipinski definition) is 13. The molecule has 0 aliphatic rings. The SMILES string of the molecule is NC(=O)c1cccc(N(c2cc(N(c3cccc(C(N)=O)c3)c3cccc(C(N)=O)n3)nc(N(c3cccc(C(N)=O)c3)c3cccc(C(N)=O)n3)c2)c2cccc(C(N)=O)n2)c1. The normalized spacial score (nSPS) is 10.7. The molecule has 0 unspecified atom stereocenters. The van der Waals surface area contributed by atoms with E-state index in [1.165, 1.54) is 64.4 Å². The number of primary amides is 6. The first kappa shape index (κ1) is 41.6. The topological polar surface area (TPSA) is 320 Å². The first-order valence-corrected chi connectivity index (χ1v) is 18.6. The zero-order chi connectivity index (χ0) is 44.9. The molecule has 63 heavy (non-hydrogen) atoms. The molecule has 0 fully saturated rings. The number of benzene rings is 3. The van der Waals surface area contributed by atoms with Gasteiger partial charge in [-0.25, -0.2) is 19.9 Å². The van der Waals surface area contributed by atoms with E-state index in [9.17, 15) is 28.8 Å². The van der Waals surface area contributed by atoms with E-state index in [-0.39, 0.29) is 79.9 Å². The molecule has 0 saturated carbocycles. The van der Waals surface area contributed by atoms with E-state index in [2.05, 4.69) is 15.0 Å². The zero-order valence-corrected chi connectivity index (χ0v) is 32.8. The van der Waals surface area contributed by atoms with Gasteiger partial charge >= 0.3 is 0 Å². The van der Waals surface area contributed by atoms with Crippen LogP contribution in [-0.4, -0.2) is 55.4 Å². The van der Waals surface area contributed by atoms with E-state index < -0.39 is 35.4 Å². The molecule has 4 heterocycles. The van der Waals surface area contributed by atoms with E-state index in [0.717, 1.165) is 0 Å². The maximum absolute atomic E-state index is 12.6. The average Bonchev–Trinajstić information content (AvgIpc) is 3.27. The third kappa shape index (κ3) is 8.91. The van der Waals surface area contributed by atoms with Crippen molar-refractivity contribution >= 4 is 87.3 Å². The number of amides is 6. The second-order valence-electron chi connectivity index (χ2n) is 13.5. The van der Waals surface area contributed by atoms with Gasteiger partial charge < -0.3 is 34.4 Å². The van der Waals surface area contributed by atoms with Crippen LogP contribution in [0.15, 0.2) is 140 Å². The summed E-state index contributed by atoms with van der Waals surface area (Å²) in [6.07, 6.45) is 0. The molecule has 7 aromatic rings. The smallest absolute Gasteiger partial charge is 0.267 e. The average molecular weight is 842 g/mol. The van der Waals surface area contributed by atoms with Crippen LogP contribution in [0.1, 0.15) is 62.5 Å². The molecule has 0 bridgehead atoms. The van der Waals surface area contributed by atoms with Gasteiger partial charge in [-0.2, -0.15) is 0 Å². The molecule has 0 spiro atoms. The fourth-order valence-electron chi connectivity index (χ4n) is 6.47. The van der Waals surface area contributed by atoms with Gasteiger partial charge in [0.05, 0.1) is 5.69 Å². The molecule has 0 radical (unpaired) electrons. The minimum absolute atomic E-state index is 0.0439. The number of pyridine rings is 4. The van der Waals surface area contributed by atoms with Crippen molar-refractivity contribution in [2.45, 2.75) is 0 Å². The quantitative estimate of drug-likeness (QED) is 0.0841. The molecule has 3 aromatic carbocycles. The molecule has 19 heteroatoms. The van der Waals surface area contributed by atoms with Crippen LogP contribution < -0.4 is 49.1 Å². The van der Waals surface area contributed by atoms with E-state index in [4.69, 9.17) is 39.4 Å². The van der Waals surface area contributed by atoms with E-state index in [1.807, 2.05) is 0 Å². The van der Waals surface area contributed by atoms with Gasteiger partial charge in [-0.15, -0.1) is 0 Å². The van der Waals surface area contributed by atoms with Crippen LogP contribution in [0.25, 0.3) is 0 Å². The Labute approximate surface area is 357 Å². The van der Waals surface area contributed by atoms with Crippen LogP contribution in [0.2, 0.25) is 0 Å². The number of carbonyl (C=O) groups is 6. The minimum Gasteiger partial charge on any atom is -0.366 e. The van der Waals surface area contributed by atoms with Gasteiger partial charge in [0.25, 0.3) is 17.7 Å². The maximum atomic E-state index is 12.6. The Balaban J connectivity index is 1.64. The second-order valence-corrected chi connectivity index (χ2v) is 13.5. The van der Waals surface area contributed by atoms with Crippen molar-refractivity contribution in [3.05, 3.63) is 173 Å². The van der Waals surface area contributed by atoms with Crippen molar-refractivity contribution in [2.75, 3.05) is 14.7 Å². The summed E-state index contributed by atoms with van der Waals surface area (Å²) in [5.41, 5.74) is 35.4. The molecule has 0 atom stereocenters. The fraction of sp³-hybridized carbons (Fsp3) is 0. The summed E-state index contributed by atoms with van der Waals surface area (Å²) in [5.74, 6) is -4.35. The van der Waals surface area contributed by atoms with Crippen molar-refractivity contribution in [1.29, 1.82) is 0 Å². The number of rotatable bonds is 15. The third-order valence-electron chi connectivity index (χ3n) is 9.31. The predicted octanol–water partition coefficient (Wildman–Crippen LogP) is 4.27. The summed E-state index contributed by atoms with van der Waals surface area (Å²) in [4.78, 5) is 98.6. The standard InChI is InChI=1S/C44H35N13O6/c45-39(58)24-7-1-10-27(19-24)55(34-16-4-13-31(51-34)42(48)61)30-22-37(56(28-11-2-8-25(20-28)40(46)59)35-17-5-14-32(52-35)43(49)62)54-38(23-30)57(29-12-3-9-26(21-29)41(47)60)36-18-6-15-33(53-36)44(50)63/h1-23H,(H2,45,58)(H2,46,59)(H2,47,60)(H2,48,61)(H2,49,62)(H2,50,63). The van der Waals surface area contributed by atoms with E-state index in [1.54, 1.807) is 89.8 Å². The molecule has 312 valence electrons. The summed E-state index contributed by atoms with van der Waals surface area (Å²) in [6, 6.07) is 35.4. The van der Waals surface area contributed by atoms with Crippen LogP contribution in [0.5, 0.6) is 0 Å². The Kier molecular flexibility index (Phi) is 11.5. The number of nitrogens with zero attached hydrogens (tertiary/aromatic N) is 7. The van der Waals surface area contributed by atoms with Crippen LogP contribution in [0.4, 0.5) is 51.8 Å². The fourth-order valence-corrected chi connectivity index (χ4v) is 6.47. The molecule has 4 aromatic heterocycles. The van der Waals surface area contributed by atoms with Crippen molar-refractivity contribution in [1.82, 2.24) is 19.9 Å². The molecular weight excluding hydrogens is 807 g/mol. The number of hydrogen-bond donors (Lipinski definition) is 6. The summed E-state index contributed by atoms with van der Waals surface area (Å²) in [7, 11) is 0. The van der Waals surface area contributed by atoms with Gasteiger partial charge in [0, 0.05) is 45.9 Å². The predicted molar refractivity (Wildman–Crippen MR) is 233 cm³/mol. The summed E-state index contributed by atoms with van der Waals surface area (Å²) < 4.78 is 0. The van der Waals surface area contributed by atoms with Crippen molar-refractivity contribution < 1.29 is 28.8 Å². The van der Waals surface area contributed by atoms with Crippen molar-refractivity contribution in [3.8, 4) is 0 Å². The zero-order valence-electron chi connectivity index (χ0n) is 32.8. The molecule has 0 aliphatic carbocycles. The molecule has 0 aliphatic heterocycles. The molecule has 6 amide bonds. The number of nitrogens with two attached hydrogens (primary N) is 6. The Morgan fingerprint density at radius 3 is 0.921 bits per heavy atom. The summed E-state index contributed by atoms with van der Waals surface area (Å²) in [5, 5.41) is 0. The monoisotopic (exact) mass is 841 g/mol. The summed E-state index contributed by atoms with van der Waals surface area (Å²) >= 11 is 0. The van der Waals surface area contributed by atoms with Gasteiger partial charge in [0.2, 0.25) is 17.7 Å². The van der Waals surface area contributed by atoms with Gasteiger partial charge in [0.15, 0.2) is 0 Å². The number of anilines is 9. The minimum atomic E-state index is -0.841. The Bertz CT molecular complexity index is 2500. The molecule has 12 N–H and O–H groups in total. The Morgan fingerprint density at radius 1 is 0.302 bits per heavy atom. The first-order chi connectivity index (χ1) is 30.2. The molecule has 19 nitrogen and oxygen atoms in total. The highest BCUT2D eigenvalue weighted by Gasteiger charge is 2.27. The Morgan fingerprint density at radius 2 is 0.603 bits per heavy atom. The molecular formula is C44H35N13O6. The number of carbonyl (C=O) groups excluding carboxylic acids is 6. The van der Waals surface area contributed by atoms with E-state index in [0.29, 0.717) is 5.69 Å². The van der Waals surface area contributed by atoms with Gasteiger partial charge in [-0.1, -0.05) is 36.4 Å². The lowest BCUT2D eigenvalue weighted by atomic mass is 10.1. The van der Waals surface area contributed by atoms with Gasteiger partial charge in [-0.3, -0.25) is 43.5 Å².